The normalized spacial score (nSPS) is 23.0. The van der Waals surface area contributed by atoms with Crippen LogP contribution in [0.1, 0.15) is 59.3 Å². The molecular formula is C18H35N3O2. The van der Waals surface area contributed by atoms with Crippen molar-refractivity contribution in [3.63, 3.8) is 0 Å². The van der Waals surface area contributed by atoms with Crippen LogP contribution in [0.4, 0.5) is 4.79 Å². The molecule has 1 saturated heterocycles. The summed E-state index contributed by atoms with van der Waals surface area (Å²) >= 11 is 0. The summed E-state index contributed by atoms with van der Waals surface area (Å²) in [6.07, 6.45) is 7.04. The van der Waals surface area contributed by atoms with Crippen molar-refractivity contribution < 1.29 is 9.53 Å². The van der Waals surface area contributed by atoms with Crippen LogP contribution in [-0.2, 0) is 4.74 Å². The summed E-state index contributed by atoms with van der Waals surface area (Å²) in [4.78, 5) is 14.3. The van der Waals surface area contributed by atoms with Gasteiger partial charge in [0, 0.05) is 12.1 Å². The van der Waals surface area contributed by atoms with Gasteiger partial charge in [0.2, 0.25) is 0 Å². The van der Waals surface area contributed by atoms with Crippen LogP contribution < -0.4 is 10.6 Å². The predicted octanol–water partition coefficient (Wildman–Crippen LogP) is 2.76. The summed E-state index contributed by atoms with van der Waals surface area (Å²) in [6.45, 7) is 9.85. The Morgan fingerprint density at radius 1 is 1.22 bits per heavy atom. The van der Waals surface area contributed by atoms with E-state index < -0.39 is 5.60 Å². The molecule has 5 nitrogen and oxygen atoms in total. The Kier molecular flexibility index (Phi) is 6.32. The minimum atomic E-state index is -0.436. The molecule has 1 amide bonds. The first-order valence-corrected chi connectivity index (χ1v) is 9.18. The molecule has 1 heterocycles. The Hall–Kier alpha value is -0.810. The number of ether oxygens (including phenoxy) is 1. The van der Waals surface area contributed by atoms with Gasteiger partial charge >= 0.3 is 6.09 Å². The Morgan fingerprint density at radius 2 is 1.83 bits per heavy atom. The van der Waals surface area contributed by atoms with E-state index >= 15 is 0 Å². The van der Waals surface area contributed by atoms with Crippen LogP contribution >= 0.6 is 0 Å². The smallest absolute Gasteiger partial charge is 0.407 e. The van der Waals surface area contributed by atoms with Gasteiger partial charge in [-0.2, -0.15) is 0 Å². The van der Waals surface area contributed by atoms with Gasteiger partial charge in [-0.05, 0) is 79.1 Å². The number of carbonyl (C=O) groups is 1. The van der Waals surface area contributed by atoms with Gasteiger partial charge in [0.15, 0.2) is 0 Å². The number of nitrogens with zero attached hydrogens (tertiary/aromatic N) is 1. The average molecular weight is 325 g/mol. The van der Waals surface area contributed by atoms with Gasteiger partial charge in [-0.1, -0.05) is 12.8 Å². The first-order chi connectivity index (χ1) is 10.8. The van der Waals surface area contributed by atoms with E-state index in [1.807, 2.05) is 20.8 Å². The molecule has 5 heteroatoms. The number of likely N-dealkylation sites (tertiary alicyclic amines) is 1. The third kappa shape index (κ3) is 6.30. The highest BCUT2D eigenvalue weighted by atomic mass is 16.6. The second-order valence-electron chi connectivity index (χ2n) is 8.47. The molecule has 0 bridgehead atoms. The van der Waals surface area contributed by atoms with Crippen molar-refractivity contribution in [2.24, 2.45) is 5.92 Å². The molecule has 0 radical (unpaired) electrons. The minimum absolute atomic E-state index is 0.0697. The quantitative estimate of drug-likeness (QED) is 0.816. The van der Waals surface area contributed by atoms with Crippen LogP contribution in [0.25, 0.3) is 0 Å². The number of amides is 1. The van der Waals surface area contributed by atoms with Crippen molar-refractivity contribution >= 4 is 6.09 Å². The first-order valence-electron chi connectivity index (χ1n) is 9.18. The van der Waals surface area contributed by atoms with Crippen molar-refractivity contribution in [3.05, 3.63) is 0 Å². The van der Waals surface area contributed by atoms with Crippen LogP contribution in [0.2, 0.25) is 0 Å². The lowest BCUT2D eigenvalue weighted by molar-refractivity contribution is 0.0508. The van der Waals surface area contributed by atoms with Crippen molar-refractivity contribution in [1.29, 1.82) is 0 Å². The summed E-state index contributed by atoms with van der Waals surface area (Å²) in [7, 11) is 2.20. The highest BCUT2D eigenvalue weighted by Gasteiger charge is 2.35. The van der Waals surface area contributed by atoms with Crippen LogP contribution in [0.3, 0.4) is 0 Å². The summed E-state index contributed by atoms with van der Waals surface area (Å²) in [5.41, 5.74) is -0.366. The van der Waals surface area contributed by atoms with Gasteiger partial charge < -0.3 is 20.3 Å². The largest absolute Gasteiger partial charge is 0.444 e. The standard InChI is InChI=1S/C18H35N3O2/c1-17(2,3)23-16(22)19-14-18(9-5-6-10-18)20-13-15-7-11-21(4)12-8-15/h15,20H,5-14H2,1-4H3,(H,19,22). The molecule has 134 valence electrons. The van der Waals surface area contributed by atoms with Gasteiger partial charge in [-0.25, -0.2) is 4.79 Å². The van der Waals surface area contributed by atoms with Crippen molar-refractivity contribution in [2.75, 3.05) is 33.2 Å². The topological polar surface area (TPSA) is 53.6 Å². The molecular weight excluding hydrogens is 290 g/mol. The summed E-state index contributed by atoms with van der Waals surface area (Å²) in [5.74, 6) is 0.769. The second-order valence-corrected chi connectivity index (χ2v) is 8.47. The predicted molar refractivity (Wildman–Crippen MR) is 93.7 cm³/mol. The van der Waals surface area contributed by atoms with Gasteiger partial charge in [-0.15, -0.1) is 0 Å². The monoisotopic (exact) mass is 325 g/mol. The Balaban J connectivity index is 1.78. The molecule has 0 unspecified atom stereocenters. The Morgan fingerprint density at radius 3 is 2.39 bits per heavy atom. The lowest BCUT2D eigenvalue weighted by atomic mass is 9.93. The van der Waals surface area contributed by atoms with E-state index in [0.717, 1.165) is 25.3 Å². The molecule has 0 aromatic heterocycles. The van der Waals surface area contributed by atoms with E-state index in [9.17, 15) is 4.79 Å². The Bertz CT molecular complexity index is 378. The molecule has 0 spiro atoms. The van der Waals surface area contributed by atoms with E-state index in [1.165, 1.54) is 38.8 Å². The fourth-order valence-corrected chi connectivity index (χ4v) is 3.65. The molecule has 2 rings (SSSR count). The zero-order chi connectivity index (χ0) is 16.9. The van der Waals surface area contributed by atoms with E-state index in [0.29, 0.717) is 6.54 Å². The molecule has 2 aliphatic rings. The maximum Gasteiger partial charge on any atom is 0.407 e. The molecule has 1 saturated carbocycles. The lowest BCUT2D eigenvalue weighted by Crippen LogP contribution is -2.54. The highest BCUT2D eigenvalue weighted by Crippen LogP contribution is 2.30. The van der Waals surface area contributed by atoms with Crippen molar-refractivity contribution in [2.45, 2.75) is 70.4 Å². The lowest BCUT2D eigenvalue weighted by Gasteiger charge is -2.35. The molecule has 2 N–H and O–H groups in total. The fraction of sp³-hybridized carbons (Fsp3) is 0.944. The van der Waals surface area contributed by atoms with E-state index in [-0.39, 0.29) is 11.6 Å². The van der Waals surface area contributed by atoms with Crippen LogP contribution in [0.15, 0.2) is 0 Å². The molecule has 0 aromatic carbocycles. The highest BCUT2D eigenvalue weighted by molar-refractivity contribution is 5.67. The summed E-state index contributed by atoms with van der Waals surface area (Å²) in [6, 6.07) is 0. The van der Waals surface area contributed by atoms with E-state index in [1.54, 1.807) is 0 Å². The molecule has 2 fully saturated rings. The number of alkyl carbamates (subject to hydrolysis) is 1. The maximum atomic E-state index is 11.9. The Labute approximate surface area is 141 Å². The van der Waals surface area contributed by atoms with Crippen LogP contribution in [0, 0.1) is 5.92 Å². The SMILES string of the molecule is CN1CCC(CNC2(CNC(=O)OC(C)(C)C)CCCC2)CC1. The first kappa shape index (κ1) is 18.5. The number of carbonyl (C=O) groups excluding carboxylic acids is 1. The number of hydrogen-bond acceptors (Lipinski definition) is 4. The number of rotatable bonds is 5. The van der Waals surface area contributed by atoms with Crippen LogP contribution in [0.5, 0.6) is 0 Å². The van der Waals surface area contributed by atoms with Gasteiger partial charge in [0.25, 0.3) is 0 Å². The number of piperidine rings is 1. The average Bonchev–Trinajstić information content (AvgIpc) is 2.92. The molecule has 1 aliphatic carbocycles. The zero-order valence-corrected chi connectivity index (χ0v) is 15.4. The molecule has 1 aliphatic heterocycles. The second kappa shape index (κ2) is 7.84. The number of nitrogens with one attached hydrogen (secondary N) is 2. The third-order valence-corrected chi connectivity index (χ3v) is 5.13. The maximum absolute atomic E-state index is 11.9. The molecule has 0 atom stereocenters. The van der Waals surface area contributed by atoms with Gasteiger partial charge in [0.05, 0.1) is 0 Å². The van der Waals surface area contributed by atoms with Crippen LogP contribution in [-0.4, -0.2) is 55.4 Å². The molecule has 0 aromatic rings. The van der Waals surface area contributed by atoms with E-state index in [2.05, 4.69) is 22.6 Å². The van der Waals surface area contributed by atoms with E-state index in [4.69, 9.17) is 4.74 Å². The third-order valence-electron chi connectivity index (χ3n) is 5.13. The molecule has 23 heavy (non-hydrogen) atoms. The fourth-order valence-electron chi connectivity index (χ4n) is 3.65. The summed E-state index contributed by atoms with van der Waals surface area (Å²) < 4.78 is 5.37. The van der Waals surface area contributed by atoms with Gasteiger partial charge in [0.1, 0.15) is 5.60 Å². The summed E-state index contributed by atoms with van der Waals surface area (Å²) in [5, 5.41) is 6.79. The van der Waals surface area contributed by atoms with Crippen molar-refractivity contribution in [3.8, 4) is 0 Å². The number of hydrogen-bond donors (Lipinski definition) is 2. The minimum Gasteiger partial charge on any atom is -0.444 e. The van der Waals surface area contributed by atoms with Gasteiger partial charge in [-0.3, -0.25) is 0 Å². The van der Waals surface area contributed by atoms with Crippen molar-refractivity contribution in [1.82, 2.24) is 15.5 Å². The zero-order valence-electron chi connectivity index (χ0n) is 15.4.